The number of halogens is 2. The Morgan fingerprint density at radius 3 is 2.83 bits per heavy atom. The van der Waals surface area contributed by atoms with E-state index in [9.17, 15) is 4.79 Å². The summed E-state index contributed by atoms with van der Waals surface area (Å²) >= 11 is 8.32. The van der Waals surface area contributed by atoms with Crippen LogP contribution in [0.15, 0.2) is 31.8 Å². The van der Waals surface area contributed by atoms with E-state index < -0.39 is 0 Å². The molecule has 2 nitrogen and oxygen atoms in total. The first-order valence-corrected chi connectivity index (χ1v) is 7.80. The molecule has 0 aliphatic carbocycles. The Balaban J connectivity index is 2.00. The van der Waals surface area contributed by atoms with Crippen LogP contribution in [0.2, 0.25) is 0 Å². The van der Waals surface area contributed by atoms with Gasteiger partial charge in [-0.05, 0) is 61.7 Å². The number of carbonyl (C=O) groups excluding carboxylic acids is 1. The molecule has 0 N–H and O–H groups in total. The van der Waals surface area contributed by atoms with Crippen LogP contribution in [0.5, 0.6) is 5.75 Å². The summed E-state index contributed by atoms with van der Waals surface area (Å²) in [6.45, 7) is 0.709. The molecule has 2 heterocycles. The van der Waals surface area contributed by atoms with Crippen molar-refractivity contribution in [2.75, 3.05) is 6.61 Å². The maximum atomic E-state index is 12.4. The third-order valence-electron chi connectivity index (χ3n) is 2.85. The van der Waals surface area contributed by atoms with Gasteiger partial charge in [0.05, 0.1) is 14.2 Å². The third kappa shape index (κ3) is 2.15. The van der Waals surface area contributed by atoms with Crippen molar-refractivity contribution in [3.8, 4) is 5.75 Å². The van der Waals surface area contributed by atoms with Gasteiger partial charge in [-0.3, -0.25) is 4.79 Å². The van der Waals surface area contributed by atoms with Gasteiger partial charge in [0, 0.05) is 17.5 Å². The number of hydrogen-bond acceptors (Lipinski definition) is 3. The zero-order valence-electron chi connectivity index (χ0n) is 9.20. The normalized spacial score (nSPS) is 13.2. The molecule has 1 aromatic carbocycles. The zero-order chi connectivity index (χ0) is 12.7. The zero-order valence-corrected chi connectivity index (χ0v) is 13.2. The largest absolute Gasteiger partial charge is 0.493 e. The van der Waals surface area contributed by atoms with Gasteiger partial charge in [0.25, 0.3) is 0 Å². The Kier molecular flexibility index (Phi) is 3.30. The molecule has 0 saturated heterocycles. The lowest BCUT2D eigenvalue weighted by Gasteiger charge is -2.02. The molecule has 0 bridgehead atoms. The fourth-order valence-electron chi connectivity index (χ4n) is 1.98. The fourth-order valence-corrected chi connectivity index (χ4v) is 4.77. The predicted molar refractivity (Wildman–Crippen MR) is 78.8 cm³/mol. The van der Waals surface area contributed by atoms with Crippen LogP contribution >= 0.6 is 43.2 Å². The first-order chi connectivity index (χ1) is 8.65. The molecule has 3 rings (SSSR count). The molecule has 0 atom stereocenters. The van der Waals surface area contributed by atoms with Crippen molar-refractivity contribution in [3.05, 3.63) is 48.5 Å². The molecule has 0 unspecified atom stereocenters. The summed E-state index contributed by atoms with van der Waals surface area (Å²) in [6, 6.07) is 7.48. The maximum absolute atomic E-state index is 12.4. The Hall–Kier alpha value is -0.650. The molecule has 1 aromatic heterocycles. The van der Waals surface area contributed by atoms with Crippen LogP contribution in [0.3, 0.4) is 0 Å². The van der Waals surface area contributed by atoms with Crippen LogP contribution in [0.25, 0.3) is 0 Å². The van der Waals surface area contributed by atoms with Crippen molar-refractivity contribution in [1.29, 1.82) is 0 Å². The van der Waals surface area contributed by atoms with Gasteiger partial charge in [0.2, 0.25) is 0 Å². The number of hydrogen-bond donors (Lipinski definition) is 0. The summed E-state index contributed by atoms with van der Waals surface area (Å²) in [7, 11) is 0. The molecule has 5 heteroatoms. The van der Waals surface area contributed by atoms with Gasteiger partial charge < -0.3 is 4.74 Å². The summed E-state index contributed by atoms with van der Waals surface area (Å²) in [5, 5.41) is 0. The number of thiophene rings is 1. The lowest BCUT2D eigenvalue weighted by atomic mass is 10.0. The van der Waals surface area contributed by atoms with E-state index in [0.717, 1.165) is 25.3 Å². The first-order valence-electron chi connectivity index (χ1n) is 5.40. The average molecular weight is 388 g/mol. The van der Waals surface area contributed by atoms with Gasteiger partial charge >= 0.3 is 0 Å². The molecule has 0 amide bonds. The van der Waals surface area contributed by atoms with Crippen molar-refractivity contribution >= 4 is 49.0 Å². The molecule has 0 fully saturated rings. The van der Waals surface area contributed by atoms with E-state index in [0.29, 0.717) is 17.7 Å². The number of rotatable bonds is 2. The van der Waals surface area contributed by atoms with Crippen LogP contribution in [0.1, 0.15) is 21.5 Å². The van der Waals surface area contributed by atoms with E-state index in [1.165, 1.54) is 11.3 Å². The summed E-state index contributed by atoms with van der Waals surface area (Å²) in [5.41, 5.74) is 2.53. The average Bonchev–Trinajstić information content (AvgIpc) is 2.93. The molecule has 18 heavy (non-hydrogen) atoms. The summed E-state index contributed by atoms with van der Waals surface area (Å²) in [6.07, 6.45) is 0.880. The lowest BCUT2D eigenvalue weighted by Crippen LogP contribution is -2.00. The highest BCUT2D eigenvalue weighted by atomic mass is 79.9. The van der Waals surface area contributed by atoms with Crippen LogP contribution in [-0.2, 0) is 6.42 Å². The topological polar surface area (TPSA) is 26.3 Å². The highest BCUT2D eigenvalue weighted by Gasteiger charge is 2.19. The quantitative estimate of drug-likeness (QED) is 0.712. The number of ether oxygens (including phenoxy) is 1. The van der Waals surface area contributed by atoms with Crippen molar-refractivity contribution in [1.82, 2.24) is 0 Å². The van der Waals surface area contributed by atoms with Gasteiger partial charge in [0.1, 0.15) is 5.75 Å². The fraction of sp³-hybridized carbons (Fsp3) is 0.154. The van der Waals surface area contributed by atoms with Gasteiger partial charge in [-0.15, -0.1) is 11.3 Å². The molecule has 2 aromatic rings. The minimum Gasteiger partial charge on any atom is -0.493 e. The second-order valence-corrected chi connectivity index (χ2v) is 7.74. The second kappa shape index (κ2) is 4.79. The standard InChI is InChI=1S/C13H8Br2O2S/c14-11-6-9(13(15)18-11)12(16)8-1-2-10-7(5-8)3-4-17-10/h1-2,5-6H,3-4H2. The van der Waals surface area contributed by atoms with Crippen molar-refractivity contribution < 1.29 is 9.53 Å². The molecule has 1 aliphatic heterocycles. The number of benzene rings is 1. The maximum Gasteiger partial charge on any atom is 0.195 e. The highest BCUT2D eigenvalue weighted by molar-refractivity contribution is 9.12. The predicted octanol–water partition coefficient (Wildman–Crippen LogP) is 4.44. The molecule has 92 valence electrons. The Labute approximate surface area is 125 Å². The number of carbonyl (C=O) groups is 1. The van der Waals surface area contributed by atoms with Crippen molar-refractivity contribution in [2.45, 2.75) is 6.42 Å². The van der Waals surface area contributed by atoms with E-state index in [1.54, 1.807) is 0 Å². The van der Waals surface area contributed by atoms with Crippen molar-refractivity contribution in [2.24, 2.45) is 0 Å². The van der Waals surface area contributed by atoms with Gasteiger partial charge in [-0.25, -0.2) is 0 Å². The first kappa shape index (κ1) is 12.4. The van der Waals surface area contributed by atoms with E-state index in [1.807, 2.05) is 24.3 Å². The van der Waals surface area contributed by atoms with Gasteiger partial charge in [-0.2, -0.15) is 0 Å². The minimum absolute atomic E-state index is 0.0403. The monoisotopic (exact) mass is 386 g/mol. The van der Waals surface area contributed by atoms with E-state index >= 15 is 0 Å². The lowest BCUT2D eigenvalue weighted by molar-refractivity contribution is 0.103. The summed E-state index contributed by atoms with van der Waals surface area (Å²) in [5.74, 6) is 0.940. The Bertz CT molecular complexity index is 634. The SMILES string of the molecule is O=C(c1ccc2c(c1)CCO2)c1cc(Br)sc1Br. The van der Waals surface area contributed by atoms with Gasteiger partial charge in [0.15, 0.2) is 5.78 Å². The number of ketones is 1. The molecular weight excluding hydrogens is 380 g/mol. The molecular formula is C13H8Br2O2S. The minimum atomic E-state index is 0.0403. The molecule has 0 spiro atoms. The van der Waals surface area contributed by atoms with Crippen molar-refractivity contribution in [3.63, 3.8) is 0 Å². The van der Waals surface area contributed by atoms with E-state index in [4.69, 9.17) is 4.74 Å². The van der Waals surface area contributed by atoms with Crippen LogP contribution in [0, 0.1) is 0 Å². The Morgan fingerprint density at radius 2 is 2.11 bits per heavy atom. The Morgan fingerprint density at radius 1 is 1.28 bits per heavy atom. The van der Waals surface area contributed by atoms with E-state index in [-0.39, 0.29) is 5.78 Å². The van der Waals surface area contributed by atoms with Crippen LogP contribution in [-0.4, -0.2) is 12.4 Å². The highest BCUT2D eigenvalue weighted by Crippen LogP contribution is 2.34. The molecule has 0 saturated carbocycles. The molecule has 0 radical (unpaired) electrons. The summed E-state index contributed by atoms with van der Waals surface area (Å²) in [4.78, 5) is 12.4. The smallest absolute Gasteiger partial charge is 0.195 e. The van der Waals surface area contributed by atoms with Crippen LogP contribution in [0.4, 0.5) is 0 Å². The van der Waals surface area contributed by atoms with Gasteiger partial charge in [-0.1, -0.05) is 0 Å². The third-order valence-corrected chi connectivity index (χ3v) is 5.19. The van der Waals surface area contributed by atoms with E-state index in [2.05, 4.69) is 31.9 Å². The second-order valence-electron chi connectivity index (χ2n) is 3.99. The summed E-state index contributed by atoms with van der Waals surface area (Å²) < 4.78 is 7.24. The number of fused-ring (bicyclic) bond motifs is 1. The molecule has 1 aliphatic rings. The van der Waals surface area contributed by atoms with Crippen LogP contribution < -0.4 is 4.74 Å².